The minimum Gasteiger partial charge on any atom is -0.423 e. The molecule has 0 radical (unpaired) electrons. The molecule has 0 saturated carbocycles. The summed E-state index contributed by atoms with van der Waals surface area (Å²) in [6.45, 7) is 2.15. The normalized spacial score (nSPS) is 15.3. The van der Waals surface area contributed by atoms with E-state index in [0.717, 1.165) is 36.6 Å². The van der Waals surface area contributed by atoms with Crippen molar-refractivity contribution in [3.63, 3.8) is 0 Å². The van der Waals surface area contributed by atoms with Crippen LogP contribution in [0.5, 0.6) is 5.75 Å². The van der Waals surface area contributed by atoms with E-state index in [-0.39, 0.29) is 5.97 Å². The van der Waals surface area contributed by atoms with Crippen molar-refractivity contribution >= 4 is 73.7 Å². The van der Waals surface area contributed by atoms with Gasteiger partial charge in [0.05, 0.1) is 5.56 Å². The summed E-state index contributed by atoms with van der Waals surface area (Å²) >= 11 is 6.66. The molecule has 24 heavy (non-hydrogen) atoms. The molecule has 126 valence electrons. The van der Waals surface area contributed by atoms with Crippen LogP contribution < -0.4 is 10.1 Å². The largest absolute Gasteiger partial charge is 0.423 e. The molecule has 1 heterocycles. The molecule has 1 saturated heterocycles. The van der Waals surface area contributed by atoms with Crippen LogP contribution in [0.4, 0.5) is 0 Å². The molecule has 1 aliphatic heterocycles. The fourth-order valence-corrected chi connectivity index (χ4v) is 5.21. The molecule has 3 nitrogen and oxygen atoms in total. The maximum absolute atomic E-state index is 12.5. The topological polar surface area (TPSA) is 38.3 Å². The Labute approximate surface area is 182 Å². The van der Waals surface area contributed by atoms with E-state index < -0.39 is 0 Å². The minimum atomic E-state index is -0.301. The molecule has 0 spiro atoms. The van der Waals surface area contributed by atoms with Gasteiger partial charge in [-0.2, -0.15) is 0 Å². The zero-order valence-electron chi connectivity index (χ0n) is 12.8. The lowest BCUT2D eigenvalue weighted by Crippen LogP contribution is -2.26. The average molecular weight is 659 g/mol. The maximum atomic E-state index is 12.5. The van der Waals surface area contributed by atoms with E-state index in [1.807, 2.05) is 24.3 Å². The number of carbonyl (C=O) groups is 1. The molecule has 1 aliphatic rings. The van der Waals surface area contributed by atoms with Crippen molar-refractivity contribution in [3.8, 4) is 5.75 Å². The lowest BCUT2D eigenvalue weighted by atomic mass is 9.90. The summed E-state index contributed by atoms with van der Waals surface area (Å²) < 4.78 is 8.60. The van der Waals surface area contributed by atoms with Crippen LogP contribution in [0, 0.1) is 10.7 Å². The zero-order valence-corrected chi connectivity index (χ0v) is 19.3. The molecular weight excluding hydrogens is 643 g/mol. The Morgan fingerprint density at radius 2 is 1.71 bits per heavy atom. The molecule has 0 bridgehead atoms. The first-order chi connectivity index (χ1) is 11.5. The third-order valence-electron chi connectivity index (χ3n) is 4.11. The quantitative estimate of drug-likeness (QED) is 0.214. The predicted octanol–water partition coefficient (Wildman–Crippen LogP) is 5.19. The highest BCUT2D eigenvalue weighted by atomic mass is 127. The van der Waals surface area contributed by atoms with Crippen molar-refractivity contribution in [2.24, 2.45) is 0 Å². The van der Waals surface area contributed by atoms with Crippen LogP contribution in [-0.4, -0.2) is 19.1 Å². The Balaban J connectivity index is 1.73. The van der Waals surface area contributed by atoms with Crippen LogP contribution in [0.25, 0.3) is 0 Å². The van der Waals surface area contributed by atoms with Crippen LogP contribution in [-0.2, 0) is 0 Å². The second kappa shape index (κ2) is 8.63. The molecule has 3 rings (SSSR count). The Kier molecular flexibility index (Phi) is 6.77. The van der Waals surface area contributed by atoms with Crippen molar-refractivity contribution < 1.29 is 9.53 Å². The Morgan fingerprint density at radius 3 is 2.38 bits per heavy atom. The summed E-state index contributed by atoms with van der Waals surface area (Å²) in [5, 5.41) is 3.38. The highest BCUT2D eigenvalue weighted by molar-refractivity contribution is 14.1. The van der Waals surface area contributed by atoms with Crippen LogP contribution in [0.1, 0.15) is 34.7 Å². The molecule has 0 aromatic heterocycles. The maximum Gasteiger partial charge on any atom is 0.344 e. The first kappa shape index (κ1) is 18.8. The Hall–Kier alpha value is 0.0600. The number of nitrogens with one attached hydrogen (secondary N) is 1. The van der Waals surface area contributed by atoms with Crippen LogP contribution >= 0.6 is 67.8 Å². The molecule has 1 fully saturated rings. The standard InChI is InChI=1S/C18H16I3NO2/c19-13-9-15(17(21)16(20)10-13)18(23)24-14-3-1-11(2-4-14)12-5-7-22-8-6-12/h1-4,9-10,12,22H,5-8H2. The van der Waals surface area contributed by atoms with Crippen molar-refractivity contribution in [3.05, 3.63) is 58.2 Å². The van der Waals surface area contributed by atoms with Gasteiger partial charge in [0.15, 0.2) is 0 Å². The summed E-state index contributed by atoms with van der Waals surface area (Å²) in [6.07, 6.45) is 2.33. The van der Waals surface area contributed by atoms with E-state index in [9.17, 15) is 4.79 Å². The van der Waals surface area contributed by atoms with Gasteiger partial charge in [-0.05, 0) is 129 Å². The fraction of sp³-hybridized carbons (Fsp3) is 0.278. The SMILES string of the molecule is O=C(Oc1ccc(C2CCNCC2)cc1)c1cc(I)cc(I)c1I. The van der Waals surface area contributed by atoms with Crippen molar-refractivity contribution in [2.45, 2.75) is 18.8 Å². The summed E-state index contributed by atoms with van der Waals surface area (Å²) in [5.41, 5.74) is 1.95. The number of halogens is 3. The molecule has 1 N–H and O–H groups in total. The van der Waals surface area contributed by atoms with Gasteiger partial charge in [0.25, 0.3) is 0 Å². The highest BCUT2D eigenvalue weighted by Gasteiger charge is 2.17. The van der Waals surface area contributed by atoms with Crippen LogP contribution in [0.15, 0.2) is 36.4 Å². The van der Waals surface area contributed by atoms with Gasteiger partial charge < -0.3 is 10.1 Å². The van der Waals surface area contributed by atoms with Gasteiger partial charge in [0.1, 0.15) is 5.75 Å². The van der Waals surface area contributed by atoms with E-state index in [0.29, 0.717) is 17.2 Å². The number of carbonyl (C=O) groups excluding carboxylic acids is 1. The van der Waals surface area contributed by atoms with Gasteiger partial charge in [-0.1, -0.05) is 12.1 Å². The van der Waals surface area contributed by atoms with Gasteiger partial charge in [0, 0.05) is 10.7 Å². The van der Waals surface area contributed by atoms with Gasteiger partial charge in [0.2, 0.25) is 0 Å². The minimum absolute atomic E-state index is 0.301. The van der Waals surface area contributed by atoms with Crippen molar-refractivity contribution in [2.75, 3.05) is 13.1 Å². The first-order valence-corrected chi connectivity index (χ1v) is 11.0. The van der Waals surface area contributed by atoms with Crippen LogP contribution in [0.2, 0.25) is 0 Å². The molecule has 0 aliphatic carbocycles. The van der Waals surface area contributed by atoms with E-state index in [1.165, 1.54) is 5.56 Å². The Morgan fingerprint density at radius 1 is 1.04 bits per heavy atom. The van der Waals surface area contributed by atoms with Gasteiger partial charge in [-0.3, -0.25) is 0 Å². The Bertz CT molecular complexity index is 741. The number of piperidine rings is 1. The summed E-state index contributed by atoms with van der Waals surface area (Å²) in [4.78, 5) is 12.5. The van der Waals surface area contributed by atoms with Crippen molar-refractivity contribution in [1.82, 2.24) is 5.32 Å². The molecule has 6 heteroatoms. The monoisotopic (exact) mass is 659 g/mol. The van der Waals surface area contributed by atoms with Crippen molar-refractivity contribution in [1.29, 1.82) is 0 Å². The third kappa shape index (κ3) is 4.61. The van der Waals surface area contributed by atoms with E-state index in [4.69, 9.17) is 4.74 Å². The molecule has 0 unspecified atom stereocenters. The molecule has 2 aromatic carbocycles. The molecule has 0 amide bonds. The summed E-state index contributed by atoms with van der Waals surface area (Å²) in [5.74, 6) is 0.905. The third-order valence-corrected chi connectivity index (χ3v) is 7.78. The smallest absolute Gasteiger partial charge is 0.344 e. The van der Waals surface area contributed by atoms with E-state index in [1.54, 1.807) is 0 Å². The number of benzene rings is 2. The number of esters is 1. The van der Waals surface area contributed by atoms with Crippen LogP contribution in [0.3, 0.4) is 0 Å². The highest BCUT2D eigenvalue weighted by Crippen LogP contribution is 2.28. The molecular formula is C18H16I3NO2. The van der Waals surface area contributed by atoms with E-state index in [2.05, 4.69) is 85.2 Å². The predicted molar refractivity (Wildman–Crippen MR) is 121 cm³/mol. The lowest BCUT2D eigenvalue weighted by molar-refractivity contribution is 0.0733. The summed E-state index contributed by atoms with van der Waals surface area (Å²) in [6, 6.07) is 11.9. The molecule has 2 aromatic rings. The van der Waals surface area contributed by atoms with Gasteiger partial charge >= 0.3 is 5.97 Å². The number of hydrogen-bond acceptors (Lipinski definition) is 3. The number of hydrogen-bond donors (Lipinski definition) is 1. The fourth-order valence-electron chi connectivity index (χ4n) is 2.83. The van der Waals surface area contributed by atoms with Gasteiger partial charge in [-0.15, -0.1) is 0 Å². The second-order valence-corrected chi connectivity index (χ2v) is 9.22. The number of ether oxygens (including phenoxy) is 1. The average Bonchev–Trinajstić information content (AvgIpc) is 2.59. The second-order valence-electron chi connectivity index (χ2n) is 5.73. The molecule has 0 atom stereocenters. The number of rotatable bonds is 3. The van der Waals surface area contributed by atoms with Gasteiger partial charge in [-0.25, -0.2) is 4.79 Å². The van der Waals surface area contributed by atoms with E-state index >= 15 is 0 Å². The summed E-state index contributed by atoms with van der Waals surface area (Å²) in [7, 11) is 0. The zero-order chi connectivity index (χ0) is 17.1. The first-order valence-electron chi connectivity index (χ1n) is 7.72. The lowest BCUT2D eigenvalue weighted by Gasteiger charge is -2.23.